The van der Waals surface area contributed by atoms with Gasteiger partial charge in [-0.15, -0.1) is 10.2 Å². The molecule has 1 aliphatic heterocycles. The van der Waals surface area contributed by atoms with E-state index in [9.17, 15) is 9.18 Å². The third-order valence-electron chi connectivity index (χ3n) is 5.91. The Kier molecular flexibility index (Phi) is 6.34. The molecule has 1 aliphatic rings. The lowest BCUT2D eigenvalue weighted by Gasteiger charge is -2.34. The highest BCUT2D eigenvalue weighted by molar-refractivity contribution is 5.79. The van der Waals surface area contributed by atoms with E-state index in [4.69, 9.17) is 4.74 Å². The van der Waals surface area contributed by atoms with E-state index in [1.165, 1.54) is 12.1 Å². The molecule has 1 unspecified atom stereocenters. The lowest BCUT2D eigenvalue weighted by Crippen LogP contribution is -2.43. The van der Waals surface area contributed by atoms with Gasteiger partial charge in [-0.25, -0.2) is 9.37 Å². The summed E-state index contributed by atoms with van der Waals surface area (Å²) in [6.45, 7) is 0.895. The summed E-state index contributed by atoms with van der Waals surface area (Å²) in [7, 11) is 1.87. The van der Waals surface area contributed by atoms with Gasteiger partial charge in [-0.2, -0.15) is 0 Å². The van der Waals surface area contributed by atoms with E-state index in [-0.39, 0.29) is 30.3 Å². The minimum Gasteiger partial charge on any atom is -0.466 e. The predicted octanol–water partition coefficient (Wildman–Crippen LogP) is 2.92. The van der Waals surface area contributed by atoms with Crippen molar-refractivity contribution in [2.24, 2.45) is 0 Å². The highest BCUT2D eigenvalue weighted by atomic mass is 19.1. The number of halogens is 1. The maximum atomic E-state index is 13.1. The molecule has 3 aromatic heterocycles. The van der Waals surface area contributed by atoms with E-state index in [1.54, 1.807) is 41.7 Å². The van der Waals surface area contributed by atoms with Crippen molar-refractivity contribution in [2.75, 3.05) is 25.1 Å². The van der Waals surface area contributed by atoms with Gasteiger partial charge in [0.05, 0.1) is 17.7 Å². The number of aromatic nitrogens is 5. The largest absolute Gasteiger partial charge is 0.466 e. The zero-order chi connectivity index (χ0) is 24.2. The van der Waals surface area contributed by atoms with Crippen LogP contribution in [0.1, 0.15) is 28.7 Å². The van der Waals surface area contributed by atoms with Crippen molar-refractivity contribution < 1.29 is 13.9 Å². The highest BCUT2D eigenvalue weighted by Gasteiger charge is 2.35. The van der Waals surface area contributed by atoms with Gasteiger partial charge in [0.2, 0.25) is 5.88 Å². The number of anilines is 1. The number of hydrogen-bond acceptors (Lipinski definition) is 7. The Morgan fingerprint density at radius 3 is 2.74 bits per heavy atom. The molecular formula is C25H24FN7O2. The molecule has 0 bridgehead atoms. The van der Waals surface area contributed by atoms with E-state index in [1.807, 2.05) is 30.1 Å². The number of benzene rings is 1. The molecule has 35 heavy (non-hydrogen) atoms. The molecule has 0 radical (unpaired) electrons. The zero-order valence-corrected chi connectivity index (χ0v) is 19.1. The third-order valence-corrected chi connectivity index (χ3v) is 5.91. The fraction of sp³-hybridized carbons (Fsp3) is 0.240. The van der Waals surface area contributed by atoms with Gasteiger partial charge in [0, 0.05) is 44.5 Å². The van der Waals surface area contributed by atoms with E-state index < -0.39 is 0 Å². The van der Waals surface area contributed by atoms with Crippen molar-refractivity contribution in [3.8, 4) is 5.88 Å². The van der Waals surface area contributed by atoms with Crippen LogP contribution in [0, 0.1) is 5.82 Å². The maximum absolute atomic E-state index is 13.1. The first-order chi connectivity index (χ1) is 17.1. The Bertz CT molecular complexity index is 1280. The first-order valence-electron chi connectivity index (χ1n) is 11.2. The standard InChI is InChI=1S/C25H24FN7O2/c1-32(14-17-5-7-18(26)8-6-17)21-9-10-22(31-30-21)35-15-23(34)33-13-11-19-24(29-16-28-19)25(33)20-4-2-3-12-27-20/h2-10,12,16,25H,11,13-15H2,1H3,(H,28,29). The second-order valence-electron chi connectivity index (χ2n) is 8.26. The van der Waals surface area contributed by atoms with Crippen molar-refractivity contribution in [2.45, 2.75) is 19.0 Å². The number of hydrogen-bond donors (Lipinski definition) is 1. The van der Waals surface area contributed by atoms with Gasteiger partial charge in [-0.3, -0.25) is 9.78 Å². The Morgan fingerprint density at radius 1 is 1.14 bits per heavy atom. The SMILES string of the molecule is CN(Cc1ccc(F)cc1)c1ccc(OCC(=O)N2CCc3[nH]cnc3C2c2ccccn2)nn1. The quantitative estimate of drug-likeness (QED) is 0.441. The number of fused-ring (bicyclic) bond motifs is 1. The van der Waals surface area contributed by atoms with Crippen LogP contribution in [-0.2, 0) is 17.8 Å². The van der Waals surface area contributed by atoms with E-state index >= 15 is 0 Å². The maximum Gasteiger partial charge on any atom is 0.261 e. The Hall–Kier alpha value is -4.34. The van der Waals surface area contributed by atoms with Crippen LogP contribution in [0.25, 0.3) is 0 Å². The van der Waals surface area contributed by atoms with Gasteiger partial charge in [0.25, 0.3) is 5.91 Å². The summed E-state index contributed by atoms with van der Waals surface area (Å²) in [6.07, 6.45) is 4.04. The molecule has 1 aromatic carbocycles. The Morgan fingerprint density at radius 2 is 2.00 bits per heavy atom. The van der Waals surface area contributed by atoms with Crippen molar-refractivity contribution in [3.63, 3.8) is 0 Å². The topological polar surface area (TPSA) is 100 Å². The van der Waals surface area contributed by atoms with Gasteiger partial charge in [0.15, 0.2) is 12.4 Å². The van der Waals surface area contributed by atoms with E-state index in [0.29, 0.717) is 25.3 Å². The smallest absolute Gasteiger partial charge is 0.261 e. The number of H-pyrrole nitrogens is 1. The van der Waals surface area contributed by atoms with E-state index in [0.717, 1.165) is 22.6 Å². The molecule has 178 valence electrons. The van der Waals surface area contributed by atoms with Crippen molar-refractivity contribution >= 4 is 11.7 Å². The number of carbonyl (C=O) groups excluding carboxylic acids is 1. The number of imidazole rings is 1. The third kappa shape index (κ3) is 4.96. The summed E-state index contributed by atoms with van der Waals surface area (Å²) in [5.41, 5.74) is 3.52. The minimum absolute atomic E-state index is 0.178. The van der Waals surface area contributed by atoms with Gasteiger partial charge in [-0.05, 0) is 35.9 Å². The number of nitrogens with zero attached hydrogens (tertiary/aromatic N) is 6. The predicted molar refractivity (Wildman–Crippen MR) is 126 cm³/mol. The number of ether oxygens (including phenoxy) is 1. The average Bonchev–Trinajstić information content (AvgIpc) is 3.38. The number of carbonyl (C=O) groups is 1. The summed E-state index contributed by atoms with van der Waals surface area (Å²) in [5, 5.41) is 8.30. The summed E-state index contributed by atoms with van der Waals surface area (Å²) < 4.78 is 18.8. The molecular weight excluding hydrogens is 449 g/mol. The van der Waals surface area contributed by atoms with Crippen LogP contribution >= 0.6 is 0 Å². The van der Waals surface area contributed by atoms with Crippen LogP contribution in [0.5, 0.6) is 5.88 Å². The van der Waals surface area contributed by atoms with Gasteiger partial charge < -0.3 is 19.5 Å². The van der Waals surface area contributed by atoms with Gasteiger partial charge in [-0.1, -0.05) is 18.2 Å². The molecule has 0 aliphatic carbocycles. The summed E-state index contributed by atoms with van der Waals surface area (Å²) in [5.74, 6) is 0.427. The van der Waals surface area contributed by atoms with Gasteiger partial charge in [0.1, 0.15) is 11.9 Å². The molecule has 4 aromatic rings. The lowest BCUT2D eigenvalue weighted by atomic mass is 9.99. The Balaban J connectivity index is 1.23. The van der Waals surface area contributed by atoms with Crippen LogP contribution in [-0.4, -0.2) is 56.2 Å². The summed E-state index contributed by atoms with van der Waals surface area (Å²) >= 11 is 0. The average molecular weight is 474 g/mol. The molecule has 5 rings (SSSR count). The van der Waals surface area contributed by atoms with E-state index in [2.05, 4.69) is 25.1 Å². The van der Waals surface area contributed by atoms with Crippen molar-refractivity contribution in [1.29, 1.82) is 0 Å². The first kappa shape index (κ1) is 22.5. The number of amides is 1. The summed E-state index contributed by atoms with van der Waals surface area (Å²) in [6, 6.07) is 15.0. The molecule has 10 heteroatoms. The fourth-order valence-corrected chi connectivity index (χ4v) is 4.14. The monoisotopic (exact) mass is 473 g/mol. The van der Waals surface area contributed by atoms with Gasteiger partial charge >= 0.3 is 0 Å². The minimum atomic E-state index is -0.379. The molecule has 0 spiro atoms. The molecule has 4 heterocycles. The van der Waals surface area contributed by atoms with Crippen LogP contribution in [0.15, 0.2) is 67.1 Å². The van der Waals surface area contributed by atoms with Crippen LogP contribution in [0.4, 0.5) is 10.2 Å². The molecule has 0 saturated carbocycles. The van der Waals surface area contributed by atoms with Crippen LogP contribution in [0.2, 0.25) is 0 Å². The molecule has 1 N–H and O–H groups in total. The molecule has 1 atom stereocenters. The number of rotatable bonds is 7. The molecule has 1 amide bonds. The lowest BCUT2D eigenvalue weighted by molar-refractivity contribution is -0.135. The number of aromatic amines is 1. The number of pyridine rings is 1. The molecule has 0 fully saturated rings. The first-order valence-corrected chi connectivity index (χ1v) is 11.2. The molecule has 9 nitrogen and oxygen atoms in total. The summed E-state index contributed by atoms with van der Waals surface area (Å²) in [4.78, 5) is 28.8. The Labute approximate surface area is 201 Å². The number of nitrogens with one attached hydrogen (secondary N) is 1. The van der Waals surface area contributed by atoms with Crippen LogP contribution < -0.4 is 9.64 Å². The fourth-order valence-electron chi connectivity index (χ4n) is 4.14. The zero-order valence-electron chi connectivity index (χ0n) is 19.1. The van der Waals surface area contributed by atoms with Crippen molar-refractivity contribution in [3.05, 3.63) is 95.6 Å². The normalized spacial score (nSPS) is 14.9. The second kappa shape index (κ2) is 9.88. The second-order valence-corrected chi connectivity index (χ2v) is 8.26. The van der Waals surface area contributed by atoms with Crippen LogP contribution in [0.3, 0.4) is 0 Å². The van der Waals surface area contributed by atoms with Crippen molar-refractivity contribution in [1.82, 2.24) is 30.0 Å². The highest BCUT2D eigenvalue weighted by Crippen LogP contribution is 2.32. The molecule has 0 saturated heterocycles.